The topological polar surface area (TPSA) is 122 Å². The zero-order valence-corrected chi connectivity index (χ0v) is 26.7. The molecule has 44 heavy (non-hydrogen) atoms. The predicted molar refractivity (Wildman–Crippen MR) is 173 cm³/mol. The number of amides is 3. The number of aliphatic hydroxyl groups excluding tert-OH is 2. The third kappa shape index (κ3) is 13.1. The van der Waals surface area contributed by atoms with Gasteiger partial charge in [-0.1, -0.05) is 62.4 Å². The highest BCUT2D eigenvalue weighted by Crippen LogP contribution is 2.29. The average molecular weight is 609 g/mol. The van der Waals surface area contributed by atoms with Crippen molar-refractivity contribution in [3.8, 4) is 24.7 Å². The Hall–Kier alpha value is -3.37. The van der Waals surface area contributed by atoms with Crippen LogP contribution in [0.2, 0.25) is 0 Å². The molecule has 2 rings (SSSR count). The second-order valence-corrected chi connectivity index (χ2v) is 12.3. The van der Waals surface area contributed by atoms with Crippen molar-refractivity contribution in [3.63, 3.8) is 0 Å². The monoisotopic (exact) mass is 608 g/mol. The maximum absolute atomic E-state index is 13.7. The maximum Gasteiger partial charge on any atom is 0.243 e. The molecule has 5 unspecified atom stereocenters. The summed E-state index contributed by atoms with van der Waals surface area (Å²) in [6.45, 7) is 1.21. The summed E-state index contributed by atoms with van der Waals surface area (Å²) < 4.78 is 0. The van der Waals surface area contributed by atoms with E-state index in [2.05, 4.69) is 22.5 Å². The number of nitrogens with one attached hydrogen (secondary N) is 2. The van der Waals surface area contributed by atoms with Crippen LogP contribution in [-0.2, 0) is 20.8 Å². The van der Waals surface area contributed by atoms with Crippen LogP contribution >= 0.6 is 0 Å². The van der Waals surface area contributed by atoms with Gasteiger partial charge in [-0.15, -0.1) is 24.7 Å². The van der Waals surface area contributed by atoms with Crippen LogP contribution in [0.4, 0.5) is 0 Å². The van der Waals surface area contributed by atoms with Gasteiger partial charge in [-0.2, -0.15) is 0 Å². The van der Waals surface area contributed by atoms with E-state index in [4.69, 9.17) is 12.8 Å². The van der Waals surface area contributed by atoms with Crippen LogP contribution in [0.15, 0.2) is 30.3 Å². The first-order valence-electron chi connectivity index (χ1n) is 15.8. The van der Waals surface area contributed by atoms with E-state index in [-0.39, 0.29) is 25.2 Å². The number of carbonyl (C=O) groups is 3. The molecule has 1 saturated carbocycles. The van der Waals surface area contributed by atoms with Crippen LogP contribution < -0.4 is 10.6 Å². The van der Waals surface area contributed by atoms with Crippen molar-refractivity contribution in [1.29, 1.82) is 0 Å². The number of terminal acetylenes is 2. The third-order valence-corrected chi connectivity index (χ3v) is 8.41. The van der Waals surface area contributed by atoms with E-state index < -0.39 is 42.0 Å². The van der Waals surface area contributed by atoms with Crippen molar-refractivity contribution in [2.45, 2.75) is 94.9 Å². The smallest absolute Gasteiger partial charge is 0.243 e. The van der Waals surface area contributed by atoms with E-state index in [1.807, 2.05) is 49.3 Å². The third-order valence-electron chi connectivity index (χ3n) is 8.41. The number of nitrogens with zero attached hydrogens (tertiary/aromatic N) is 2. The lowest BCUT2D eigenvalue weighted by Crippen LogP contribution is -2.55. The predicted octanol–water partition coefficient (Wildman–Crippen LogP) is 2.35. The molecule has 0 aliphatic heterocycles. The number of rotatable bonds is 18. The largest absolute Gasteiger partial charge is 0.390 e. The van der Waals surface area contributed by atoms with Crippen molar-refractivity contribution in [1.82, 2.24) is 20.4 Å². The summed E-state index contributed by atoms with van der Waals surface area (Å²) in [7, 11) is 5.57. The minimum Gasteiger partial charge on any atom is -0.390 e. The molecule has 3 amide bonds. The van der Waals surface area contributed by atoms with Crippen LogP contribution in [0.5, 0.6) is 0 Å². The van der Waals surface area contributed by atoms with Crippen LogP contribution in [0.3, 0.4) is 0 Å². The molecule has 4 N–H and O–H groups in total. The Labute approximate surface area is 264 Å². The van der Waals surface area contributed by atoms with E-state index in [1.54, 1.807) is 11.9 Å². The van der Waals surface area contributed by atoms with Gasteiger partial charge < -0.3 is 30.6 Å². The fraction of sp³-hybridized carbons (Fsp3) is 0.629. The summed E-state index contributed by atoms with van der Waals surface area (Å²) >= 11 is 0. The lowest BCUT2D eigenvalue weighted by atomic mass is 9.82. The molecular formula is C35H52N4O5. The van der Waals surface area contributed by atoms with Crippen molar-refractivity contribution < 1.29 is 24.6 Å². The van der Waals surface area contributed by atoms with E-state index in [1.165, 1.54) is 0 Å². The molecule has 9 heteroatoms. The molecule has 0 spiro atoms. The SMILES string of the molecule is C#CCCC(O)C(O)C(CC1CCCCC1)NC(=O)C(CC#C)NC(=O)C(CC(=O)N(C)CCN(C)C)Cc1ccccc1. The Bertz CT molecular complexity index is 1110. The molecule has 1 aliphatic rings. The van der Waals surface area contributed by atoms with Crippen molar-refractivity contribution >= 4 is 17.7 Å². The number of likely N-dealkylation sites (N-methyl/N-ethyl adjacent to an activating group) is 2. The zero-order valence-electron chi connectivity index (χ0n) is 26.7. The number of aliphatic hydroxyl groups is 2. The Morgan fingerprint density at radius 3 is 2.25 bits per heavy atom. The Balaban J connectivity index is 2.21. The molecule has 9 nitrogen and oxygen atoms in total. The van der Waals surface area contributed by atoms with Gasteiger partial charge in [0.2, 0.25) is 17.7 Å². The van der Waals surface area contributed by atoms with Gasteiger partial charge in [0, 0.05) is 39.4 Å². The highest BCUT2D eigenvalue weighted by atomic mass is 16.3. The van der Waals surface area contributed by atoms with E-state index >= 15 is 0 Å². The molecule has 1 fully saturated rings. The molecule has 0 bridgehead atoms. The van der Waals surface area contributed by atoms with E-state index in [9.17, 15) is 24.6 Å². The van der Waals surface area contributed by atoms with Gasteiger partial charge in [0.05, 0.1) is 18.1 Å². The molecule has 0 aromatic heterocycles. The number of hydrogen-bond donors (Lipinski definition) is 4. The maximum atomic E-state index is 13.7. The van der Waals surface area contributed by atoms with Gasteiger partial charge >= 0.3 is 0 Å². The molecule has 5 atom stereocenters. The molecule has 0 radical (unpaired) electrons. The van der Waals surface area contributed by atoms with Crippen LogP contribution in [0.1, 0.15) is 69.8 Å². The zero-order chi connectivity index (χ0) is 32.5. The van der Waals surface area contributed by atoms with Gasteiger partial charge in [0.15, 0.2) is 0 Å². The summed E-state index contributed by atoms with van der Waals surface area (Å²) in [5.41, 5.74) is 0.894. The summed E-state index contributed by atoms with van der Waals surface area (Å²) in [5, 5.41) is 27.4. The Morgan fingerprint density at radius 2 is 1.64 bits per heavy atom. The quantitative estimate of drug-likeness (QED) is 0.190. The molecule has 1 aromatic carbocycles. The molecule has 1 aromatic rings. The average Bonchev–Trinajstić information content (AvgIpc) is 3.01. The fourth-order valence-electron chi connectivity index (χ4n) is 5.63. The normalized spacial score (nSPS) is 16.9. The van der Waals surface area contributed by atoms with Crippen LogP contribution in [0, 0.1) is 36.5 Å². The minimum absolute atomic E-state index is 0.0283. The first-order valence-corrected chi connectivity index (χ1v) is 15.8. The van der Waals surface area contributed by atoms with Crippen LogP contribution in [-0.4, -0.2) is 96.3 Å². The summed E-state index contributed by atoms with van der Waals surface area (Å²) in [4.78, 5) is 44.0. The molecular weight excluding hydrogens is 556 g/mol. The number of carbonyl (C=O) groups excluding carboxylic acids is 3. The van der Waals surface area contributed by atoms with Gasteiger partial charge in [0.25, 0.3) is 0 Å². The first-order chi connectivity index (χ1) is 21.0. The first kappa shape index (κ1) is 36.8. The highest BCUT2D eigenvalue weighted by Gasteiger charge is 2.33. The highest BCUT2D eigenvalue weighted by molar-refractivity contribution is 5.91. The lowest BCUT2D eigenvalue weighted by molar-refractivity contribution is -0.136. The van der Waals surface area contributed by atoms with Gasteiger partial charge in [-0.3, -0.25) is 14.4 Å². The van der Waals surface area contributed by atoms with Crippen molar-refractivity contribution in [2.75, 3.05) is 34.2 Å². The fourth-order valence-corrected chi connectivity index (χ4v) is 5.63. The van der Waals surface area contributed by atoms with Crippen molar-refractivity contribution in [3.05, 3.63) is 35.9 Å². The Morgan fingerprint density at radius 1 is 0.955 bits per heavy atom. The second-order valence-electron chi connectivity index (χ2n) is 12.3. The standard InChI is InChI=1S/C35H52N4O5/c1-6-8-20-31(40)33(42)30(24-27-18-13-10-14-19-27)37-35(44)29(15-7-2)36-34(43)28(23-26-16-11-9-12-17-26)25-32(41)39(5)22-21-38(3)4/h1-2,9,11-12,16-17,27-31,33,40,42H,8,10,13-15,18-25H2,3-5H3,(H,36,43)(H,37,44). The minimum atomic E-state index is -1.22. The summed E-state index contributed by atoms with van der Waals surface area (Å²) in [6, 6.07) is 7.62. The number of hydrogen-bond acceptors (Lipinski definition) is 6. The second kappa shape index (κ2) is 19.8. The lowest BCUT2D eigenvalue weighted by Gasteiger charge is -2.33. The molecule has 0 saturated heterocycles. The van der Waals surface area contributed by atoms with E-state index in [0.717, 1.165) is 37.7 Å². The van der Waals surface area contributed by atoms with E-state index in [0.29, 0.717) is 38.3 Å². The summed E-state index contributed by atoms with van der Waals surface area (Å²) in [6.07, 6.45) is 15.2. The van der Waals surface area contributed by atoms with Gasteiger partial charge in [-0.25, -0.2) is 0 Å². The molecule has 0 heterocycles. The summed E-state index contributed by atoms with van der Waals surface area (Å²) in [5.74, 6) is 3.37. The van der Waals surface area contributed by atoms with Gasteiger partial charge in [0.1, 0.15) is 12.1 Å². The molecule has 242 valence electrons. The Kier molecular flexibility index (Phi) is 16.6. The van der Waals surface area contributed by atoms with Crippen molar-refractivity contribution in [2.24, 2.45) is 11.8 Å². The molecule has 1 aliphatic carbocycles. The van der Waals surface area contributed by atoms with Crippen LogP contribution in [0.25, 0.3) is 0 Å². The van der Waals surface area contributed by atoms with Gasteiger partial charge in [-0.05, 0) is 44.8 Å². The number of benzene rings is 1.